The van der Waals surface area contributed by atoms with E-state index in [0.717, 1.165) is 21.5 Å². The highest BCUT2D eigenvalue weighted by molar-refractivity contribution is 8.14. The van der Waals surface area contributed by atoms with Crippen LogP contribution in [0.25, 0.3) is 0 Å². The molecular weight excluding hydrogens is 168 g/mol. The summed E-state index contributed by atoms with van der Waals surface area (Å²) in [6, 6.07) is 1.91. The van der Waals surface area contributed by atoms with Gasteiger partial charge in [0.05, 0.1) is 4.21 Å². The summed E-state index contributed by atoms with van der Waals surface area (Å²) >= 11 is 2.33. The smallest absolute Gasteiger partial charge is 0.370 e. The minimum Gasteiger partial charge on any atom is -0.473 e. The van der Waals surface area contributed by atoms with E-state index in [0.29, 0.717) is 0 Å². The van der Waals surface area contributed by atoms with Gasteiger partial charge in [-0.15, -0.1) is 11.3 Å². The first-order valence-corrected chi connectivity index (χ1v) is 4.34. The molecule has 54 valence electrons. The van der Waals surface area contributed by atoms with Gasteiger partial charge in [-0.3, -0.25) is 0 Å². The highest BCUT2D eigenvalue weighted by atomic mass is 32.2. The van der Waals surface area contributed by atoms with Crippen LogP contribution in [0.1, 0.15) is 5.56 Å². The SMILES string of the molecule is Cc1ccsc1SC(=O)O. The second kappa shape index (κ2) is 3.07. The Labute approximate surface area is 66.9 Å². The number of carbonyl (C=O) groups is 1. The number of thiophene rings is 1. The molecule has 0 amide bonds. The summed E-state index contributed by atoms with van der Waals surface area (Å²) in [7, 11) is 0. The molecule has 4 heteroatoms. The Hall–Kier alpha value is -0.480. The van der Waals surface area contributed by atoms with Crippen molar-refractivity contribution in [1.82, 2.24) is 0 Å². The number of aryl methyl sites for hydroxylation is 1. The molecule has 1 N–H and O–H groups in total. The van der Waals surface area contributed by atoms with Crippen molar-refractivity contribution < 1.29 is 9.90 Å². The molecule has 1 heterocycles. The lowest BCUT2D eigenvalue weighted by atomic mass is 10.4. The first kappa shape index (κ1) is 7.63. The van der Waals surface area contributed by atoms with E-state index in [1.54, 1.807) is 0 Å². The van der Waals surface area contributed by atoms with Crippen LogP contribution in [0.15, 0.2) is 15.7 Å². The summed E-state index contributed by atoms with van der Waals surface area (Å²) in [6.45, 7) is 1.90. The molecule has 0 saturated carbocycles. The Morgan fingerprint density at radius 3 is 2.90 bits per heavy atom. The van der Waals surface area contributed by atoms with Gasteiger partial charge in [0.25, 0.3) is 0 Å². The monoisotopic (exact) mass is 174 g/mol. The van der Waals surface area contributed by atoms with E-state index in [1.807, 2.05) is 18.4 Å². The standard InChI is InChI=1S/C6H6O2S2/c1-4-2-3-9-5(4)10-6(7)8/h2-3H,1H3,(H,7,8). The molecule has 1 aromatic rings. The minimum absolute atomic E-state index is 0.842. The molecule has 0 aliphatic carbocycles. The van der Waals surface area contributed by atoms with Crippen molar-refractivity contribution >= 4 is 28.4 Å². The van der Waals surface area contributed by atoms with Gasteiger partial charge < -0.3 is 5.11 Å². The van der Waals surface area contributed by atoms with Crippen molar-refractivity contribution in [1.29, 1.82) is 0 Å². The van der Waals surface area contributed by atoms with Crippen LogP contribution < -0.4 is 0 Å². The van der Waals surface area contributed by atoms with Crippen LogP contribution in [0, 0.1) is 6.92 Å². The van der Waals surface area contributed by atoms with Crippen molar-refractivity contribution in [2.45, 2.75) is 11.1 Å². The van der Waals surface area contributed by atoms with Crippen LogP contribution in [0.2, 0.25) is 0 Å². The van der Waals surface area contributed by atoms with Crippen molar-refractivity contribution in [2.24, 2.45) is 0 Å². The zero-order chi connectivity index (χ0) is 7.56. The number of hydrogen-bond acceptors (Lipinski definition) is 3. The molecule has 0 unspecified atom stereocenters. The predicted octanol–water partition coefficient (Wildman–Crippen LogP) is 2.83. The molecule has 1 aromatic heterocycles. The Bertz CT molecular complexity index is 242. The Morgan fingerprint density at radius 1 is 1.80 bits per heavy atom. The summed E-state index contributed by atoms with van der Waals surface area (Å²) in [5, 5.41) is 9.43. The summed E-state index contributed by atoms with van der Waals surface area (Å²) in [4.78, 5) is 10.2. The molecule has 2 nitrogen and oxygen atoms in total. The van der Waals surface area contributed by atoms with E-state index in [-0.39, 0.29) is 0 Å². The van der Waals surface area contributed by atoms with Gasteiger partial charge in [-0.1, -0.05) is 0 Å². The van der Waals surface area contributed by atoms with E-state index in [1.165, 1.54) is 11.3 Å². The van der Waals surface area contributed by atoms with Gasteiger partial charge in [-0.25, -0.2) is 4.79 Å². The first-order valence-electron chi connectivity index (χ1n) is 2.65. The third-order valence-electron chi connectivity index (χ3n) is 0.995. The van der Waals surface area contributed by atoms with Gasteiger partial charge in [0.15, 0.2) is 0 Å². The van der Waals surface area contributed by atoms with Crippen molar-refractivity contribution in [3.63, 3.8) is 0 Å². The van der Waals surface area contributed by atoms with Crippen molar-refractivity contribution in [3.8, 4) is 0 Å². The summed E-state index contributed by atoms with van der Waals surface area (Å²) in [6.07, 6.45) is 0. The molecule has 0 atom stereocenters. The summed E-state index contributed by atoms with van der Waals surface area (Å²) < 4.78 is 0.868. The van der Waals surface area contributed by atoms with Crippen LogP contribution in [0.4, 0.5) is 4.79 Å². The zero-order valence-electron chi connectivity index (χ0n) is 5.33. The third-order valence-corrected chi connectivity index (χ3v) is 3.02. The fraction of sp³-hybridized carbons (Fsp3) is 0.167. The molecule has 0 aliphatic heterocycles. The Morgan fingerprint density at radius 2 is 2.50 bits per heavy atom. The van der Waals surface area contributed by atoms with Crippen molar-refractivity contribution in [3.05, 3.63) is 17.0 Å². The highest BCUT2D eigenvalue weighted by Crippen LogP contribution is 2.27. The maximum absolute atomic E-state index is 10.2. The fourth-order valence-electron chi connectivity index (χ4n) is 0.543. The second-order valence-electron chi connectivity index (χ2n) is 1.76. The molecule has 0 aromatic carbocycles. The van der Waals surface area contributed by atoms with E-state index < -0.39 is 5.30 Å². The highest BCUT2D eigenvalue weighted by Gasteiger charge is 2.04. The van der Waals surface area contributed by atoms with Crippen LogP contribution in [-0.4, -0.2) is 10.4 Å². The molecule has 0 bridgehead atoms. The number of thioether (sulfide) groups is 1. The van der Waals surface area contributed by atoms with Crippen molar-refractivity contribution in [2.75, 3.05) is 0 Å². The number of carboxylic acid groups (broad SMARTS) is 1. The predicted molar refractivity (Wildman–Crippen MR) is 42.9 cm³/mol. The maximum Gasteiger partial charge on any atom is 0.370 e. The molecule has 0 fully saturated rings. The van der Waals surface area contributed by atoms with Gasteiger partial charge in [0.1, 0.15) is 0 Å². The van der Waals surface area contributed by atoms with Crippen LogP contribution >= 0.6 is 23.1 Å². The maximum atomic E-state index is 10.2. The lowest BCUT2D eigenvalue weighted by Crippen LogP contribution is -1.80. The van der Waals surface area contributed by atoms with Gasteiger partial charge >= 0.3 is 5.30 Å². The summed E-state index contributed by atoms with van der Waals surface area (Å²) in [5.74, 6) is 0. The van der Waals surface area contributed by atoms with E-state index >= 15 is 0 Å². The van der Waals surface area contributed by atoms with Crippen LogP contribution in [0.5, 0.6) is 0 Å². The molecule has 0 aliphatic rings. The van der Waals surface area contributed by atoms with Gasteiger partial charge in [0, 0.05) is 11.8 Å². The molecule has 0 spiro atoms. The Kier molecular flexibility index (Phi) is 2.34. The lowest BCUT2D eigenvalue weighted by Gasteiger charge is -1.90. The van der Waals surface area contributed by atoms with E-state index in [2.05, 4.69) is 0 Å². The first-order chi connectivity index (χ1) is 4.70. The van der Waals surface area contributed by atoms with Crippen LogP contribution in [-0.2, 0) is 0 Å². The topological polar surface area (TPSA) is 37.3 Å². The van der Waals surface area contributed by atoms with Gasteiger partial charge in [-0.05, 0) is 23.9 Å². The van der Waals surface area contributed by atoms with E-state index in [9.17, 15) is 4.79 Å². The number of hydrogen-bond donors (Lipinski definition) is 1. The fourth-order valence-corrected chi connectivity index (χ4v) is 2.15. The van der Waals surface area contributed by atoms with Crippen LogP contribution in [0.3, 0.4) is 0 Å². The average molecular weight is 174 g/mol. The molecule has 1 rings (SSSR count). The quantitative estimate of drug-likeness (QED) is 0.665. The Balaban J connectivity index is 2.74. The van der Waals surface area contributed by atoms with Gasteiger partial charge in [0.2, 0.25) is 0 Å². The van der Waals surface area contributed by atoms with Gasteiger partial charge in [-0.2, -0.15) is 0 Å². The molecule has 10 heavy (non-hydrogen) atoms. The molecule has 0 saturated heterocycles. The molecular formula is C6H6O2S2. The average Bonchev–Trinajstić information content (AvgIpc) is 2.15. The number of rotatable bonds is 1. The minimum atomic E-state index is -0.842. The molecule has 0 radical (unpaired) electrons. The summed E-state index contributed by atoms with van der Waals surface area (Å²) in [5.41, 5.74) is 1.04. The largest absolute Gasteiger partial charge is 0.473 e. The second-order valence-corrected chi connectivity index (χ2v) is 3.90. The third kappa shape index (κ3) is 1.75. The normalized spacial score (nSPS) is 9.70. The van der Waals surface area contributed by atoms with E-state index in [4.69, 9.17) is 5.11 Å². The lowest BCUT2D eigenvalue weighted by molar-refractivity contribution is 0.222. The zero-order valence-corrected chi connectivity index (χ0v) is 6.96.